The number of carbonyl (C=O) groups excluding carboxylic acids is 2. The zero-order valence-electron chi connectivity index (χ0n) is 12.2. The Hall–Kier alpha value is -1.10. The third kappa shape index (κ3) is 13.1. The highest BCUT2D eigenvalue weighted by molar-refractivity contribution is 5.85. The number of carbonyl (C=O) groups is 2. The number of amides is 2. The predicted molar refractivity (Wildman–Crippen MR) is 77.7 cm³/mol. The molecular formula is C14H29N3O2. The van der Waals surface area contributed by atoms with E-state index in [0.717, 1.165) is 12.8 Å². The third-order valence-electron chi connectivity index (χ3n) is 2.98. The summed E-state index contributed by atoms with van der Waals surface area (Å²) < 4.78 is 0. The summed E-state index contributed by atoms with van der Waals surface area (Å²) in [6.45, 7) is 2.85. The van der Waals surface area contributed by atoms with Gasteiger partial charge in [0.15, 0.2) is 0 Å². The summed E-state index contributed by atoms with van der Waals surface area (Å²) in [7, 11) is 0. The van der Waals surface area contributed by atoms with Crippen molar-refractivity contribution in [1.82, 2.24) is 10.6 Å². The van der Waals surface area contributed by atoms with Gasteiger partial charge in [-0.25, -0.2) is 0 Å². The minimum absolute atomic E-state index is 0.0209. The van der Waals surface area contributed by atoms with Gasteiger partial charge in [0.2, 0.25) is 11.8 Å². The van der Waals surface area contributed by atoms with Crippen LogP contribution in [0.25, 0.3) is 0 Å². The van der Waals surface area contributed by atoms with E-state index >= 15 is 0 Å². The fraction of sp³-hybridized carbons (Fsp3) is 0.857. The van der Waals surface area contributed by atoms with Crippen molar-refractivity contribution >= 4 is 11.8 Å². The van der Waals surface area contributed by atoms with Crippen molar-refractivity contribution in [2.24, 2.45) is 5.73 Å². The standard InChI is InChI=1S/C14H29N3O2/c1-2-3-4-5-6-7-8-9-10-16-14(19)12-17-13(18)11-15/h2-12,15H2,1H3,(H,16,19)(H,17,18). The lowest BCUT2D eigenvalue weighted by Crippen LogP contribution is -2.39. The molecular weight excluding hydrogens is 242 g/mol. The quantitative estimate of drug-likeness (QED) is 0.468. The highest BCUT2D eigenvalue weighted by atomic mass is 16.2. The Bertz CT molecular complexity index is 245. The van der Waals surface area contributed by atoms with E-state index in [1.165, 1.54) is 38.5 Å². The maximum atomic E-state index is 11.3. The van der Waals surface area contributed by atoms with E-state index in [2.05, 4.69) is 17.6 Å². The van der Waals surface area contributed by atoms with Gasteiger partial charge in [0, 0.05) is 6.54 Å². The Morgan fingerprint density at radius 2 is 1.42 bits per heavy atom. The van der Waals surface area contributed by atoms with Crippen molar-refractivity contribution in [3.05, 3.63) is 0 Å². The second kappa shape index (κ2) is 13.3. The van der Waals surface area contributed by atoms with Crippen LogP contribution in [0.4, 0.5) is 0 Å². The van der Waals surface area contributed by atoms with Crippen LogP contribution < -0.4 is 16.4 Å². The molecule has 0 aliphatic rings. The van der Waals surface area contributed by atoms with E-state index in [0.29, 0.717) is 6.54 Å². The van der Waals surface area contributed by atoms with Gasteiger partial charge in [-0.05, 0) is 6.42 Å². The maximum absolute atomic E-state index is 11.3. The van der Waals surface area contributed by atoms with E-state index in [4.69, 9.17) is 5.73 Å². The van der Waals surface area contributed by atoms with Crippen LogP contribution in [0.15, 0.2) is 0 Å². The fourth-order valence-corrected chi connectivity index (χ4v) is 1.80. The third-order valence-corrected chi connectivity index (χ3v) is 2.98. The van der Waals surface area contributed by atoms with Crippen molar-refractivity contribution in [2.75, 3.05) is 19.6 Å². The van der Waals surface area contributed by atoms with Crippen molar-refractivity contribution in [3.63, 3.8) is 0 Å². The molecule has 0 aromatic rings. The summed E-state index contributed by atoms with van der Waals surface area (Å²) in [6.07, 6.45) is 9.98. The molecule has 0 fully saturated rings. The second-order valence-electron chi connectivity index (χ2n) is 4.81. The Kier molecular flexibility index (Phi) is 12.6. The molecule has 19 heavy (non-hydrogen) atoms. The number of unbranched alkanes of at least 4 members (excludes halogenated alkanes) is 7. The Morgan fingerprint density at radius 3 is 2.00 bits per heavy atom. The minimum atomic E-state index is -0.303. The summed E-state index contributed by atoms with van der Waals surface area (Å²) in [4.78, 5) is 22.1. The molecule has 0 atom stereocenters. The number of rotatable bonds is 12. The largest absolute Gasteiger partial charge is 0.355 e. The van der Waals surface area contributed by atoms with Crippen molar-refractivity contribution in [1.29, 1.82) is 0 Å². The first-order chi connectivity index (χ1) is 9.20. The number of hydrogen-bond donors (Lipinski definition) is 3. The lowest BCUT2D eigenvalue weighted by Gasteiger charge is -2.06. The van der Waals surface area contributed by atoms with Crippen LogP contribution in [0.2, 0.25) is 0 Å². The van der Waals surface area contributed by atoms with Crippen LogP contribution in [0.3, 0.4) is 0 Å². The molecule has 0 heterocycles. The molecule has 2 amide bonds. The molecule has 0 aromatic carbocycles. The van der Waals surface area contributed by atoms with Crippen LogP contribution >= 0.6 is 0 Å². The lowest BCUT2D eigenvalue weighted by atomic mass is 10.1. The summed E-state index contributed by atoms with van der Waals surface area (Å²) in [5.74, 6) is -0.452. The molecule has 0 spiro atoms. The van der Waals surface area contributed by atoms with E-state index < -0.39 is 0 Å². The van der Waals surface area contributed by atoms with Gasteiger partial charge in [0.05, 0.1) is 13.1 Å². The van der Waals surface area contributed by atoms with Gasteiger partial charge >= 0.3 is 0 Å². The first-order valence-corrected chi connectivity index (χ1v) is 7.44. The van der Waals surface area contributed by atoms with Crippen LogP contribution in [-0.2, 0) is 9.59 Å². The first-order valence-electron chi connectivity index (χ1n) is 7.44. The first kappa shape index (κ1) is 17.9. The van der Waals surface area contributed by atoms with Gasteiger partial charge in [-0.2, -0.15) is 0 Å². The summed E-state index contributed by atoms with van der Waals surface area (Å²) in [5.41, 5.74) is 5.11. The summed E-state index contributed by atoms with van der Waals surface area (Å²) in [5, 5.41) is 5.22. The van der Waals surface area contributed by atoms with E-state index in [-0.39, 0.29) is 24.9 Å². The van der Waals surface area contributed by atoms with E-state index in [9.17, 15) is 9.59 Å². The normalized spacial score (nSPS) is 10.2. The summed E-state index contributed by atoms with van der Waals surface area (Å²) >= 11 is 0. The average Bonchev–Trinajstić information content (AvgIpc) is 2.42. The van der Waals surface area contributed by atoms with Crippen LogP contribution in [0.5, 0.6) is 0 Å². The molecule has 0 unspecified atom stereocenters. The Morgan fingerprint density at radius 1 is 0.842 bits per heavy atom. The van der Waals surface area contributed by atoms with Crippen molar-refractivity contribution in [3.8, 4) is 0 Å². The van der Waals surface area contributed by atoms with Gasteiger partial charge in [-0.3, -0.25) is 9.59 Å². The molecule has 0 aliphatic carbocycles. The van der Waals surface area contributed by atoms with E-state index in [1.807, 2.05) is 0 Å². The molecule has 112 valence electrons. The summed E-state index contributed by atoms with van der Waals surface area (Å²) in [6, 6.07) is 0. The number of hydrogen-bond acceptors (Lipinski definition) is 3. The molecule has 4 N–H and O–H groups in total. The predicted octanol–water partition coefficient (Wildman–Crippen LogP) is 1.32. The molecule has 0 saturated heterocycles. The SMILES string of the molecule is CCCCCCCCCCNC(=O)CNC(=O)CN. The topological polar surface area (TPSA) is 84.2 Å². The zero-order chi connectivity index (χ0) is 14.3. The minimum Gasteiger partial charge on any atom is -0.355 e. The van der Waals surface area contributed by atoms with Crippen LogP contribution in [0, 0.1) is 0 Å². The lowest BCUT2D eigenvalue weighted by molar-refractivity contribution is -0.125. The molecule has 5 nitrogen and oxygen atoms in total. The van der Waals surface area contributed by atoms with Gasteiger partial charge in [-0.1, -0.05) is 51.9 Å². The Labute approximate surface area is 116 Å². The van der Waals surface area contributed by atoms with E-state index in [1.54, 1.807) is 0 Å². The zero-order valence-corrected chi connectivity index (χ0v) is 12.2. The van der Waals surface area contributed by atoms with Crippen LogP contribution in [-0.4, -0.2) is 31.4 Å². The van der Waals surface area contributed by atoms with Crippen molar-refractivity contribution < 1.29 is 9.59 Å². The molecule has 0 aromatic heterocycles. The molecule has 0 bridgehead atoms. The van der Waals surface area contributed by atoms with Crippen molar-refractivity contribution in [2.45, 2.75) is 58.3 Å². The van der Waals surface area contributed by atoms with Crippen LogP contribution in [0.1, 0.15) is 58.3 Å². The maximum Gasteiger partial charge on any atom is 0.239 e. The van der Waals surface area contributed by atoms with Gasteiger partial charge in [-0.15, -0.1) is 0 Å². The Balaban J connectivity index is 3.21. The fourth-order valence-electron chi connectivity index (χ4n) is 1.80. The monoisotopic (exact) mass is 271 g/mol. The highest BCUT2D eigenvalue weighted by Gasteiger charge is 2.02. The smallest absolute Gasteiger partial charge is 0.239 e. The molecule has 0 radical (unpaired) electrons. The molecule has 0 saturated carbocycles. The second-order valence-corrected chi connectivity index (χ2v) is 4.81. The van der Waals surface area contributed by atoms with Gasteiger partial charge in [0.1, 0.15) is 0 Å². The average molecular weight is 271 g/mol. The number of nitrogens with one attached hydrogen (secondary N) is 2. The molecule has 5 heteroatoms. The molecule has 0 aliphatic heterocycles. The van der Waals surface area contributed by atoms with Gasteiger partial charge in [0.25, 0.3) is 0 Å². The molecule has 0 rings (SSSR count). The number of nitrogens with two attached hydrogens (primary N) is 1. The van der Waals surface area contributed by atoms with Gasteiger partial charge < -0.3 is 16.4 Å². The highest BCUT2D eigenvalue weighted by Crippen LogP contribution is 2.07.